The number of anilines is 1. The maximum absolute atomic E-state index is 13.0. The van der Waals surface area contributed by atoms with E-state index in [1.807, 2.05) is 73.8 Å². The normalized spacial score (nSPS) is 16.8. The fourth-order valence-electron chi connectivity index (χ4n) is 4.34. The molecule has 6 nitrogen and oxygen atoms in total. The third-order valence-corrected chi connectivity index (χ3v) is 6.02. The van der Waals surface area contributed by atoms with Crippen molar-refractivity contribution in [3.63, 3.8) is 0 Å². The van der Waals surface area contributed by atoms with Gasteiger partial charge in [0.25, 0.3) is 0 Å². The van der Waals surface area contributed by atoms with E-state index in [-0.39, 0.29) is 11.9 Å². The van der Waals surface area contributed by atoms with Crippen LogP contribution >= 0.6 is 11.6 Å². The zero-order valence-electron chi connectivity index (χ0n) is 18.2. The van der Waals surface area contributed by atoms with Gasteiger partial charge in [-0.05, 0) is 55.3 Å². The van der Waals surface area contributed by atoms with Gasteiger partial charge in [-0.15, -0.1) is 5.10 Å². The van der Waals surface area contributed by atoms with E-state index in [4.69, 9.17) is 11.6 Å². The zero-order chi connectivity index (χ0) is 22.3. The van der Waals surface area contributed by atoms with Crippen LogP contribution in [0.25, 0.3) is 0 Å². The molecule has 32 heavy (non-hydrogen) atoms. The number of aromatic nitrogens is 2. The number of carbonyl (C=O) groups excluding carboxylic acids is 1. The number of nitrogens with zero attached hydrogens (tertiary/aromatic N) is 4. The maximum Gasteiger partial charge on any atom is 0.234 e. The minimum atomic E-state index is -0.252. The van der Waals surface area contributed by atoms with Gasteiger partial charge in [0.15, 0.2) is 5.82 Å². The van der Waals surface area contributed by atoms with E-state index in [1.54, 1.807) is 6.20 Å². The van der Waals surface area contributed by atoms with Gasteiger partial charge in [-0.2, -0.15) is 5.10 Å². The van der Waals surface area contributed by atoms with Gasteiger partial charge in [0.1, 0.15) is 0 Å². The summed E-state index contributed by atoms with van der Waals surface area (Å²) in [4.78, 5) is 17.4. The van der Waals surface area contributed by atoms with Crippen LogP contribution in [0.4, 0.5) is 5.82 Å². The molecule has 4 rings (SSSR count). The predicted molar refractivity (Wildman–Crippen MR) is 128 cm³/mol. The van der Waals surface area contributed by atoms with Gasteiger partial charge < -0.3 is 10.2 Å². The molecule has 1 saturated heterocycles. The summed E-state index contributed by atoms with van der Waals surface area (Å²) in [6.07, 6.45) is 3.89. The Hall–Kier alpha value is -2.96. The van der Waals surface area contributed by atoms with E-state index < -0.39 is 0 Å². The van der Waals surface area contributed by atoms with Crippen LogP contribution < -0.4 is 10.2 Å². The molecule has 2 unspecified atom stereocenters. The number of benzene rings is 2. The van der Waals surface area contributed by atoms with Crippen LogP contribution in [0.5, 0.6) is 0 Å². The molecule has 2 atom stereocenters. The lowest BCUT2D eigenvalue weighted by atomic mass is 9.98. The highest BCUT2D eigenvalue weighted by Crippen LogP contribution is 2.25. The molecule has 166 valence electrons. The van der Waals surface area contributed by atoms with Crippen LogP contribution in [0.1, 0.15) is 30.0 Å². The van der Waals surface area contributed by atoms with Gasteiger partial charge in [0, 0.05) is 30.4 Å². The van der Waals surface area contributed by atoms with E-state index >= 15 is 0 Å². The Morgan fingerprint density at radius 1 is 1.16 bits per heavy atom. The van der Waals surface area contributed by atoms with Gasteiger partial charge in [0.05, 0.1) is 12.6 Å². The van der Waals surface area contributed by atoms with Crippen molar-refractivity contribution in [1.82, 2.24) is 20.4 Å². The molecule has 2 aromatic carbocycles. The highest BCUT2D eigenvalue weighted by Gasteiger charge is 2.27. The van der Waals surface area contributed by atoms with E-state index in [1.165, 1.54) is 0 Å². The smallest absolute Gasteiger partial charge is 0.234 e. The number of hydrogen-bond donors (Lipinski definition) is 1. The van der Waals surface area contributed by atoms with Crippen molar-refractivity contribution in [2.24, 2.45) is 0 Å². The van der Waals surface area contributed by atoms with Crippen molar-refractivity contribution in [2.75, 3.05) is 31.6 Å². The summed E-state index contributed by atoms with van der Waals surface area (Å²) in [6.45, 7) is 2.07. The van der Waals surface area contributed by atoms with Crippen molar-refractivity contribution in [3.05, 3.63) is 89.1 Å². The molecule has 7 heteroatoms. The number of rotatable bonds is 8. The highest BCUT2D eigenvalue weighted by atomic mass is 35.5. The number of hydrogen-bond acceptors (Lipinski definition) is 5. The third kappa shape index (κ3) is 5.64. The first-order valence-corrected chi connectivity index (χ1v) is 11.3. The number of nitrogens with one attached hydrogen (secondary N) is 1. The SMILES string of the molecule is CN(CC(=O)NC(c1ccccc1)c1cccc(Cl)c1)CC1CCCN1c1cccnn1. The van der Waals surface area contributed by atoms with E-state index in [0.717, 1.165) is 42.9 Å². The Labute approximate surface area is 194 Å². The minimum absolute atomic E-state index is 0.0228. The van der Waals surface area contributed by atoms with Gasteiger partial charge in [-0.3, -0.25) is 9.69 Å². The van der Waals surface area contributed by atoms with Crippen molar-refractivity contribution >= 4 is 23.3 Å². The van der Waals surface area contributed by atoms with Crippen LogP contribution in [-0.2, 0) is 4.79 Å². The predicted octanol–water partition coefficient (Wildman–Crippen LogP) is 3.94. The van der Waals surface area contributed by atoms with Gasteiger partial charge in [0.2, 0.25) is 5.91 Å². The molecule has 1 aromatic heterocycles. The van der Waals surface area contributed by atoms with Gasteiger partial charge in [-0.25, -0.2) is 0 Å². The Balaban J connectivity index is 1.41. The third-order valence-electron chi connectivity index (χ3n) is 5.79. The molecule has 0 bridgehead atoms. The Morgan fingerprint density at radius 2 is 1.97 bits per heavy atom. The summed E-state index contributed by atoms with van der Waals surface area (Å²) < 4.78 is 0. The van der Waals surface area contributed by atoms with Crippen molar-refractivity contribution in [3.8, 4) is 0 Å². The lowest BCUT2D eigenvalue weighted by molar-refractivity contribution is -0.122. The lowest BCUT2D eigenvalue weighted by Gasteiger charge is -2.29. The summed E-state index contributed by atoms with van der Waals surface area (Å²) >= 11 is 6.22. The summed E-state index contributed by atoms with van der Waals surface area (Å²) in [6, 6.07) is 21.6. The van der Waals surface area contributed by atoms with Crippen LogP contribution in [0.2, 0.25) is 5.02 Å². The van der Waals surface area contributed by atoms with Crippen molar-refractivity contribution in [1.29, 1.82) is 0 Å². The molecular formula is C25H28ClN5O. The van der Waals surface area contributed by atoms with Crippen LogP contribution in [0.15, 0.2) is 72.9 Å². The van der Waals surface area contributed by atoms with E-state index in [9.17, 15) is 4.79 Å². The van der Waals surface area contributed by atoms with Crippen molar-refractivity contribution < 1.29 is 4.79 Å². The van der Waals surface area contributed by atoms with Crippen LogP contribution in [0.3, 0.4) is 0 Å². The van der Waals surface area contributed by atoms with E-state index in [2.05, 4.69) is 25.3 Å². The Morgan fingerprint density at radius 3 is 2.72 bits per heavy atom. The summed E-state index contributed by atoms with van der Waals surface area (Å²) in [7, 11) is 1.99. The fraction of sp³-hybridized carbons (Fsp3) is 0.320. The standard InChI is InChI=1S/C25H28ClN5O/c1-30(17-22-12-7-15-31(22)23-13-6-14-27-29-23)18-24(32)28-25(19-8-3-2-4-9-19)20-10-5-11-21(26)16-20/h2-6,8-11,13-14,16,22,25H,7,12,15,17-18H2,1H3,(H,28,32). The first-order chi connectivity index (χ1) is 15.6. The summed E-state index contributed by atoms with van der Waals surface area (Å²) in [5.41, 5.74) is 1.99. The minimum Gasteiger partial charge on any atom is -0.351 e. The number of amides is 1. The summed E-state index contributed by atoms with van der Waals surface area (Å²) in [5.74, 6) is 0.878. The number of carbonyl (C=O) groups is 1. The molecular weight excluding hydrogens is 422 g/mol. The molecule has 1 fully saturated rings. The second-order valence-electron chi connectivity index (χ2n) is 8.23. The molecule has 2 heterocycles. The van der Waals surface area contributed by atoms with Gasteiger partial charge in [-0.1, -0.05) is 54.1 Å². The molecule has 3 aromatic rings. The maximum atomic E-state index is 13.0. The van der Waals surface area contributed by atoms with Crippen LogP contribution in [0, 0.1) is 0 Å². The topological polar surface area (TPSA) is 61.4 Å². The Bertz CT molecular complexity index is 1020. The number of halogens is 1. The molecule has 1 aliphatic heterocycles. The van der Waals surface area contributed by atoms with E-state index in [0.29, 0.717) is 17.6 Å². The molecule has 1 amide bonds. The fourth-order valence-corrected chi connectivity index (χ4v) is 4.54. The number of likely N-dealkylation sites (N-methyl/N-ethyl adjacent to an activating group) is 1. The lowest BCUT2D eigenvalue weighted by Crippen LogP contribution is -2.43. The van der Waals surface area contributed by atoms with Crippen molar-refractivity contribution in [2.45, 2.75) is 24.9 Å². The molecule has 0 saturated carbocycles. The zero-order valence-corrected chi connectivity index (χ0v) is 18.9. The second kappa shape index (κ2) is 10.6. The average Bonchev–Trinajstić information content (AvgIpc) is 3.26. The Kier molecular flexibility index (Phi) is 7.35. The first kappa shape index (κ1) is 22.2. The summed E-state index contributed by atoms with van der Waals surface area (Å²) in [5, 5.41) is 12.1. The quantitative estimate of drug-likeness (QED) is 0.564. The van der Waals surface area contributed by atoms with Crippen LogP contribution in [-0.4, -0.2) is 53.7 Å². The van der Waals surface area contributed by atoms with Gasteiger partial charge >= 0.3 is 0 Å². The molecule has 0 spiro atoms. The first-order valence-electron chi connectivity index (χ1n) is 10.9. The second-order valence-corrected chi connectivity index (χ2v) is 8.67. The largest absolute Gasteiger partial charge is 0.351 e. The highest BCUT2D eigenvalue weighted by molar-refractivity contribution is 6.30. The molecule has 1 aliphatic rings. The molecule has 0 aliphatic carbocycles. The molecule has 1 N–H and O–H groups in total. The average molecular weight is 450 g/mol. The molecule has 0 radical (unpaired) electrons. The monoisotopic (exact) mass is 449 g/mol.